The molecule has 0 unspecified atom stereocenters. The summed E-state index contributed by atoms with van der Waals surface area (Å²) < 4.78 is 1.04. The molecule has 1 aromatic heterocycles. The van der Waals surface area contributed by atoms with Gasteiger partial charge in [0.2, 0.25) is 0 Å². The fraction of sp³-hybridized carbons (Fsp3) is 0.308. The van der Waals surface area contributed by atoms with E-state index in [1.807, 2.05) is 12.3 Å². The highest BCUT2D eigenvalue weighted by molar-refractivity contribution is 9.10. The van der Waals surface area contributed by atoms with E-state index in [-0.39, 0.29) is 11.8 Å². The molecule has 0 radical (unpaired) electrons. The van der Waals surface area contributed by atoms with Gasteiger partial charge in [0.05, 0.1) is 6.42 Å². The van der Waals surface area contributed by atoms with Gasteiger partial charge in [0.1, 0.15) is 0 Å². The van der Waals surface area contributed by atoms with Crippen LogP contribution in [0.25, 0.3) is 10.9 Å². The van der Waals surface area contributed by atoms with Gasteiger partial charge < -0.3 is 10.1 Å². The van der Waals surface area contributed by atoms with E-state index in [1.54, 1.807) is 0 Å². The summed E-state index contributed by atoms with van der Waals surface area (Å²) in [6.07, 6.45) is 4.10. The van der Waals surface area contributed by atoms with E-state index in [1.165, 1.54) is 0 Å². The van der Waals surface area contributed by atoms with Crippen LogP contribution in [0.4, 0.5) is 0 Å². The molecule has 0 bridgehead atoms. The molecule has 3 nitrogen and oxygen atoms in total. The van der Waals surface area contributed by atoms with Crippen LogP contribution in [0.2, 0.25) is 0 Å². The summed E-state index contributed by atoms with van der Waals surface area (Å²) in [4.78, 5) is 14.1. The third-order valence-corrected chi connectivity index (χ3v) is 4.24. The highest BCUT2D eigenvalue weighted by atomic mass is 79.9. The predicted octanol–water partition coefficient (Wildman–Crippen LogP) is 3.44. The van der Waals surface area contributed by atoms with E-state index in [0.717, 1.165) is 33.8 Å². The quantitative estimate of drug-likeness (QED) is 0.911. The van der Waals surface area contributed by atoms with Crippen LogP contribution in [-0.4, -0.2) is 16.1 Å². The van der Waals surface area contributed by atoms with Crippen LogP contribution in [0.15, 0.2) is 28.9 Å². The van der Waals surface area contributed by atoms with E-state index >= 15 is 0 Å². The number of carboxylic acid groups (broad SMARTS) is 1. The second-order valence-electron chi connectivity index (χ2n) is 4.75. The average molecular weight is 294 g/mol. The molecule has 4 heteroatoms. The summed E-state index contributed by atoms with van der Waals surface area (Å²) >= 11 is 3.47. The number of nitrogens with one attached hydrogen (secondary N) is 1. The second kappa shape index (κ2) is 3.60. The largest absolute Gasteiger partial charge is 0.481 e. The lowest BCUT2D eigenvalue weighted by Crippen LogP contribution is -2.12. The molecule has 0 spiro atoms. The maximum atomic E-state index is 10.9. The first-order valence-electron chi connectivity index (χ1n) is 5.60. The summed E-state index contributed by atoms with van der Waals surface area (Å²) in [6, 6.07) is 6.18. The number of carbonyl (C=O) groups is 1. The topological polar surface area (TPSA) is 53.1 Å². The lowest BCUT2D eigenvalue weighted by atomic mass is 9.92. The van der Waals surface area contributed by atoms with Crippen molar-refractivity contribution in [3.63, 3.8) is 0 Å². The smallest absolute Gasteiger partial charge is 0.304 e. The zero-order valence-electron chi connectivity index (χ0n) is 9.16. The molecule has 1 aromatic carbocycles. The molecule has 1 saturated carbocycles. The Labute approximate surface area is 107 Å². The van der Waals surface area contributed by atoms with Crippen molar-refractivity contribution < 1.29 is 9.90 Å². The number of hydrogen-bond acceptors (Lipinski definition) is 1. The molecule has 2 N–H and O–H groups in total. The van der Waals surface area contributed by atoms with E-state index in [9.17, 15) is 4.79 Å². The van der Waals surface area contributed by atoms with Gasteiger partial charge in [0, 0.05) is 27.0 Å². The molecular weight excluding hydrogens is 282 g/mol. The van der Waals surface area contributed by atoms with Crippen LogP contribution >= 0.6 is 15.9 Å². The fourth-order valence-electron chi connectivity index (χ4n) is 2.43. The molecule has 0 atom stereocenters. The zero-order valence-corrected chi connectivity index (χ0v) is 10.8. The number of halogens is 1. The van der Waals surface area contributed by atoms with Crippen molar-refractivity contribution in [3.05, 3.63) is 34.4 Å². The van der Waals surface area contributed by atoms with Crippen LogP contribution in [0, 0.1) is 0 Å². The summed E-state index contributed by atoms with van der Waals surface area (Å²) in [5, 5.41) is 10.1. The van der Waals surface area contributed by atoms with Crippen LogP contribution in [0.3, 0.4) is 0 Å². The van der Waals surface area contributed by atoms with Crippen molar-refractivity contribution in [1.29, 1.82) is 0 Å². The molecule has 17 heavy (non-hydrogen) atoms. The van der Waals surface area contributed by atoms with Crippen molar-refractivity contribution in [2.24, 2.45) is 0 Å². The molecular formula is C13H12BrNO2. The van der Waals surface area contributed by atoms with Gasteiger partial charge in [-0.3, -0.25) is 4.79 Å². The van der Waals surface area contributed by atoms with Crippen molar-refractivity contribution in [1.82, 2.24) is 4.98 Å². The van der Waals surface area contributed by atoms with Crippen LogP contribution in [0.1, 0.15) is 24.8 Å². The summed E-state index contributed by atoms with van der Waals surface area (Å²) in [5.74, 6) is -0.713. The van der Waals surface area contributed by atoms with Crippen LogP contribution in [0.5, 0.6) is 0 Å². The molecule has 88 valence electrons. The first-order chi connectivity index (χ1) is 8.11. The predicted molar refractivity (Wildman–Crippen MR) is 69.2 cm³/mol. The van der Waals surface area contributed by atoms with Gasteiger partial charge in [0.25, 0.3) is 0 Å². The minimum Gasteiger partial charge on any atom is -0.481 e. The number of H-pyrrole nitrogens is 1. The van der Waals surface area contributed by atoms with E-state index in [0.29, 0.717) is 0 Å². The number of carboxylic acids is 1. The summed E-state index contributed by atoms with van der Waals surface area (Å²) in [7, 11) is 0. The fourth-order valence-corrected chi connectivity index (χ4v) is 2.89. The van der Waals surface area contributed by atoms with Gasteiger partial charge in [-0.05, 0) is 40.4 Å². The highest BCUT2D eigenvalue weighted by Gasteiger charge is 2.46. The first-order valence-corrected chi connectivity index (χ1v) is 6.39. The van der Waals surface area contributed by atoms with Crippen molar-refractivity contribution in [2.75, 3.05) is 0 Å². The van der Waals surface area contributed by atoms with Gasteiger partial charge in [0.15, 0.2) is 0 Å². The van der Waals surface area contributed by atoms with E-state index < -0.39 is 5.97 Å². The minimum atomic E-state index is -0.713. The van der Waals surface area contributed by atoms with Crippen molar-refractivity contribution >= 4 is 32.8 Å². The molecule has 1 fully saturated rings. The van der Waals surface area contributed by atoms with Gasteiger partial charge in [-0.2, -0.15) is 0 Å². The Morgan fingerprint density at radius 1 is 1.47 bits per heavy atom. The van der Waals surface area contributed by atoms with Gasteiger partial charge in [-0.1, -0.05) is 12.1 Å². The zero-order chi connectivity index (χ0) is 12.0. The van der Waals surface area contributed by atoms with E-state index in [2.05, 4.69) is 33.0 Å². The van der Waals surface area contributed by atoms with Gasteiger partial charge >= 0.3 is 5.97 Å². The minimum absolute atomic E-state index is 0.113. The Hall–Kier alpha value is -1.29. The third kappa shape index (κ3) is 1.76. The monoisotopic (exact) mass is 293 g/mol. The Bertz CT molecular complexity index is 598. The molecule has 1 aliphatic rings. The molecule has 0 amide bonds. The molecule has 3 rings (SSSR count). The number of aromatic amines is 1. The van der Waals surface area contributed by atoms with Gasteiger partial charge in [-0.25, -0.2) is 0 Å². The number of aliphatic carboxylic acids is 1. The number of hydrogen-bond donors (Lipinski definition) is 2. The SMILES string of the molecule is O=C(O)CC1(c2ccc3c(Br)c[nH]c3c2)CC1. The lowest BCUT2D eigenvalue weighted by molar-refractivity contribution is -0.137. The van der Waals surface area contributed by atoms with Crippen LogP contribution < -0.4 is 0 Å². The maximum Gasteiger partial charge on any atom is 0.304 e. The van der Waals surface area contributed by atoms with E-state index in [4.69, 9.17) is 5.11 Å². The summed E-state index contributed by atoms with van der Waals surface area (Å²) in [5.41, 5.74) is 2.09. The number of benzene rings is 1. The molecule has 1 heterocycles. The normalized spacial score (nSPS) is 17.2. The highest BCUT2D eigenvalue weighted by Crippen LogP contribution is 2.51. The molecule has 0 saturated heterocycles. The number of fused-ring (bicyclic) bond motifs is 1. The molecule has 0 aliphatic heterocycles. The van der Waals surface area contributed by atoms with Crippen molar-refractivity contribution in [2.45, 2.75) is 24.7 Å². The third-order valence-electron chi connectivity index (χ3n) is 3.59. The average Bonchev–Trinajstić information content (AvgIpc) is 2.96. The Balaban J connectivity index is 2.03. The van der Waals surface area contributed by atoms with Gasteiger partial charge in [-0.15, -0.1) is 0 Å². The molecule has 1 aliphatic carbocycles. The molecule has 2 aromatic rings. The lowest BCUT2D eigenvalue weighted by Gasteiger charge is -2.12. The first kappa shape index (κ1) is 10.8. The number of rotatable bonds is 3. The maximum absolute atomic E-state index is 10.9. The second-order valence-corrected chi connectivity index (χ2v) is 5.60. The Kier molecular flexibility index (Phi) is 2.30. The van der Waals surface area contributed by atoms with Crippen molar-refractivity contribution in [3.8, 4) is 0 Å². The van der Waals surface area contributed by atoms with Crippen LogP contribution in [-0.2, 0) is 10.2 Å². The standard InChI is InChI=1S/C13H12BrNO2/c14-10-7-15-11-5-8(1-2-9(10)11)13(3-4-13)6-12(16)17/h1-2,5,7,15H,3-4,6H2,(H,16,17). The number of aromatic nitrogens is 1. The Morgan fingerprint density at radius 3 is 2.88 bits per heavy atom. The summed E-state index contributed by atoms with van der Waals surface area (Å²) in [6.45, 7) is 0. The Morgan fingerprint density at radius 2 is 2.24 bits per heavy atom.